The predicted molar refractivity (Wildman–Crippen MR) is 81.1 cm³/mol. The summed E-state index contributed by atoms with van der Waals surface area (Å²) in [5, 5.41) is 2.90. The van der Waals surface area contributed by atoms with Crippen LogP contribution in [0.15, 0.2) is 48.5 Å². The molecule has 0 saturated heterocycles. The number of fused-ring (bicyclic) bond motifs is 1. The Morgan fingerprint density at radius 2 is 1.95 bits per heavy atom. The standard InChI is InChI=1S/C17H17NO4/c1-12(13-5-3-2-4-6-13)18-17(19)10-20-14-7-8-15-16(9-14)22-11-21-15/h2-9,12H,10-11H2,1H3,(H,18,19)/t12-/m1/s1. The second kappa shape index (κ2) is 6.39. The summed E-state index contributed by atoms with van der Waals surface area (Å²) in [6.07, 6.45) is 0. The van der Waals surface area contributed by atoms with Crippen LogP contribution in [0.25, 0.3) is 0 Å². The maximum Gasteiger partial charge on any atom is 0.258 e. The maximum absolute atomic E-state index is 11.9. The lowest BCUT2D eigenvalue weighted by Gasteiger charge is -2.14. The molecule has 0 saturated carbocycles. The molecule has 1 atom stereocenters. The number of benzene rings is 2. The van der Waals surface area contributed by atoms with E-state index in [0.29, 0.717) is 17.2 Å². The van der Waals surface area contributed by atoms with E-state index >= 15 is 0 Å². The SMILES string of the molecule is C[C@@H](NC(=O)COc1ccc2c(c1)OCO2)c1ccccc1. The monoisotopic (exact) mass is 299 g/mol. The number of hydrogen-bond donors (Lipinski definition) is 1. The highest BCUT2D eigenvalue weighted by atomic mass is 16.7. The first kappa shape index (κ1) is 14.3. The number of ether oxygens (including phenoxy) is 3. The topological polar surface area (TPSA) is 56.8 Å². The van der Waals surface area contributed by atoms with Gasteiger partial charge in [-0.15, -0.1) is 0 Å². The third kappa shape index (κ3) is 3.31. The molecule has 0 aromatic heterocycles. The van der Waals surface area contributed by atoms with Gasteiger partial charge in [0, 0.05) is 6.07 Å². The van der Waals surface area contributed by atoms with E-state index in [0.717, 1.165) is 5.56 Å². The molecule has 0 radical (unpaired) electrons. The number of rotatable bonds is 5. The molecule has 22 heavy (non-hydrogen) atoms. The number of nitrogens with one attached hydrogen (secondary N) is 1. The van der Waals surface area contributed by atoms with E-state index in [9.17, 15) is 4.79 Å². The Bertz CT molecular complexity index is 657. The van der Waals surface area contributed by atoms with Gasteiger partial charge in [-0.25, -0.2) is 0 Å². The second-order valence-corrected chi connectivity index (χ2v) is 5.00. The third-order valence-corrected chi connectivity index (χ3v) is 3.39. The Labute approximate surface area is 128 Å². The molecular formula is C17H17NO4. The average molecular weight is 299 g/mol. The van der Waals surface area contributed by atoms with Gasteiger partial charge in [-0.1, -0.05) is 30.3 Å². The van der Waals surface area contributed by atoms with E-state index in [2.05, 4.69) is 5.32 Å². The van der Waals surface area contributed by atoms with Gasteiger partial charge in [-0.05, 0) is 24.6 Å². The lowest BCUT2D eigenvalue weighted by atomic mass is 10.1. The van der Waals surface area contributed by atoms with Gasteiger partial charge in [0.2, 0.25) is 6.79 Å². The van der Waals surface area contributed by atoms with E-state index in [1.807, 2.05) is 37.3 Å². The van der Waals surface area contributed by atoms with Crippen molar-refractivity contribution < 1.29 is 19.0 Å². The van der Waals surface area contributed by atoms with Crippen molar-refractivity contribution in [1.29, 1.82) is 0 Å². The van der Waals surface area contributed by atoms with Crippen molar-refractivity contribution >= 4 is 5.91 Å². The summed E-state index contributed by atoms with van der Waals surface area (Å²) in [4.78, 5) is 11.9. The minimum absolute atomic E-state index is 0.0448. The zero-order chi connectivity index (χ0) is 15.4. The molecule has 5 nitrogen and oxygen atoms in total. The Balaban J connectivity index is 1.52. The quantitative estimate of drug-likeness (QED) is 0.922. The van der Waals surface area contributed by atoms with Crippen LogP contribution in [0, 0.1) is 0 Å². The highest BCUT2D eigenvalue weighted by Crippen LogP contribution is 2.35. The Morgan fingerprint density at radius 1 is 1.18 bits per heavy atom. The van der Waals surface area contributed by atoms with Crippen molar-refractivity contribution in [3.8, 4) is 17.2 Å². The van der Waals surface area contributed by atoms with Gasteiger partial charge < -0.3 is 19.5 Å². The number of amides is 1. The average Bonchev–Trinajstić information content (AvgIpc) is 3.01. The first-order valence-electron chi connectivity index (χ1n) is 7.09. The summed E-state index contributed by atoms with van der Waals surface area (Å²) in [5.74, 6) is 1.73. The number of carbonyl (C=O) groups excluding carboxylic acids is 1. The summed E-state index contributed by atoms with van der Waals surface area (Å²) in [6, 6.07) is 15.0. The van der Waals surface area contributed by atoms with E-state index in [1.165, 1.54) is 0 Å². The van der Waals surface area contributed by atoms with Crippen molar-refractivity contribution in [3.63, 3.8) is 0 Å². The van der Waals surface area contributed by atoms with E-state index in [4.69, 9.17) is 14.2 Å². The van der Waals surface area contributed by atoms with Crippen LogP contribution in [0.5, 0.6) is 17.2 Å². The normalized spacial score (nSPS) is 13.5. The molecule has 1 amide bonds. The molecule has 0 fully saturated rings. The summed E-state index contributed by atoms with van der Waals surface area (Å²) in [6.45, 7) is 2.11. The van der Waals surface area contributed by atoms with E-state index in [1.54, 1.807) is 18.2 Å². The first-order chi connectivity index (χ1) is 10.7. The lowest BCUT2D eigenvalue weighted by Crippen LogP contribution is -2.31. The molecule has 1 aliphatic heterocycles. The van der Waals surface area contributed by atoms with Crippen molar-refractivity contribution in [2.45, 2.75) is 13.0 Å². The minimum atomic E-state index is -0.172. The van der Waals surface area contributed by atoms with Crippen molar-refractivity contribution in [2.24, 2.45) is 0 Å². The highest BCUT2D eigenvalue weighted by molar-refractivity contribution is 5.78. The molecule has 1 heterocycles. The smallest absolute Gasteiger partial charge is 0.258 e. The molecule has 5 heteroatoms. The van der Waals surface area contributed by atoms with Gasteiger partial charge >= 0.3 is 0 Å². The van der Waals surface area contributed by atoms with Gasteiger partial charge in [0.1, 0.15) is 5.75 Å². The fraction of sp³-hybridized carbons (Fsp3) is 0.235. The van der Waals surface area contributed by atoms with E-state index in [-0.39, 0.29) is 25.3 Å². The summed E-state index contributed by atoms with van der Waals surface area (Å²) >= 11 is 0. The van der Waals surface area contributed by atoms with Gasteiger partial charge in [0.15, 0.2) is 18.1 Å². The zero-order valence-corrected chi connectivity index (χ0v) is 12.2. The number of hydrogen-bond acceptors (Lipinski definition) is 4. The van der Waals surface area contributed by atoms with Gasteiger partial charge in [0.25, 0.3) is 5.91 Å². The van der Waals surface area contributed by atoms with Crippen LogP contribution >= 0.6 is 0 Å². The predicted octanol–water partition coefficient (Wildman–Crippen LogP) is 2.67. The molecule has 2 aromatic rings. The molecule has 0 unspecified atom stereocenters. The van der Waals surface area contributed by atoms with Crippen molar-refractivity contribution in [3.05, 3.63) is 54.1 Å². The molecule has 114 valence electrons. The summed E-state index contributed by atoms with van der Waals surface area (Å²) in [5.41, 5.74) is 1.05. The highest BCUT2D eigenvalue weighted by Gasteiger charge is 2.15. The van der Waals surface area contributed by atoms with Crippen LogP contribution < -0.4 is 19.5 Å². The maximum atomic E-state index is 11.9. The van der Waals surface area contributed by atoms with Gasteiger partial charge in [-0.2, -0.15) is 0 Å². The van der Waals surface area contributed by atoms with Crippen LogP contribution in [0.2, 0.25) is 0 Å². The van der Waals surface area contributed by atoms with E-state index < -0.39 is 0 Å². The molecule has 3 rings (SSSR count). The van der Waals surface area contributed by atoms with Gasteiger partial charge in [-0.3, -0.25) is 4.79 Å². The second-order valence-electron chi connectivity index (χ2n) is 5.00. The Kier molecular flexibility index (Phi) is 4.14. The molecule has 1 aliphatic rings. The van der Waals surface area contributed by atoms with Crippen LogP contribution in [0.3, 0.4) is 0 Å². The molecule has 0 aliphatic carbocycles. The molecule has 1 N–H and O–H groups in total. The van der Waals surface area contributed by atoms with Crippen molar-refractivity contribution in [2.75, 3.05) is 13.4 Å². The molecule has 0 bridgehead atoms. The third-order valence-electron chi connectivity index (χ3n) is 3.39. The molecule has 2 aromatic carbocycles. The fourth-order valence-corrected chi connectivity index (χ4v) is 2.22. The Morgan fingerprint density at radius 3 is 2.77 bits per heavy atom. The minimum Gasteiger partial charge on any atom is -0.484 e. The van der Waals surface area contributed by atoms with Crippen LogP contribution in [0.4, 0.5) is 0 Å². The van der Waals surface area contributed by atoms with Crippen LogP contribution in [-0.4, -0.2) is 19.3 Å². The van der Waals surface area contributed by atoms with Crippen LogP contribution in [-0.2, 0) is 4.79 Å². The largest absolute Gasteiger partial charge is 0.484 e. The molecular weight excluding hydrogens is 282 g/mol. The summed E-state index contributed by atoms with van der Waals surface area (Å²) in [7, 11) is 0. The zero-order valence-electron chi connectivity index (χ0n) is 12.2. The number of carbonyl (C=O) groups is 1. The van der Waals surface area contributed by atoms with Gasteiger partial charge in [0.05, 0.1) is 6.04 Å². The van der Waals surface area contributed by atoms with Crippen molar-refractivity contribution in [1.82, 2.24) is 5.32 Å². The Hall–Kier alpha value is -2.69. The van der Waals surface area contributed by atoms with Crippen LogP contribution in [0.1, 0.15) is 18.5 Å². The molecule has 0 spiro atoms. The lowest BCUT2D eigenvalue weighted by molar-refractivity contribution is -0.123. The first-order valence-corrected chi connectivity index (χ1v) is 7.09. The fourth-order valence-electron chi connectivity index (χ4n) is 2.22. The summed E-state index contributed by atoms with van der Waals surface area (Å²) < 4.78 is 16.0.